The van der Waals surface area contributed by atoms with E-state index in [2.05, 4.69) is 6.58 Å². The Morgan fingerprint density at radius 1 is 1.18 bits per heavy atom. The zero-order chi connectivity index (χ0) is 24.3. The molecular weight excluding hydrogens is 428 g/mol. The van der Waals surface area contributed by atoms with E-state index in [1.807, 2.05) is 6.92 Å². The van der Waals surface area contributed by atoms with Crippen LogP contribution in [-0.4, -0.2) is 59.6 Å². The lowest BCUT2D eigenvalue weighted by atomic mass is 9.53. The van der Waals surface area contributed by atoms with Gasteiger partial charge < -0.3 is 24.1 Å². The standard InChI is InChI=1S/C25H32O8/c1-7-12(3)21(26)30-11-25(29)15-9-10-24(6)16(18(15)32-23(25)28)14(5)17-19(31-17)20(24)33-22(27)13(4)8-2/h7-8,15-20,29H,5,9-11H2,1-4,6H3. The van der Waals surface area contributed by atoms with E-state index in [-0.39, 0.29) is 18.1 Å². The summed E-state index contributed by atoms with van der Waals surface area (Å²) in [5, 5.41) is 11.3. The number of aliphatic hydroxyl groups is 1. The van der Waals surface area contributed by atoms with Crippen molar-refractivity contribution in [2.24, 2.45) is 17.3 Å². The number of rotatable bonds is 5. The Morgan fingerprint density at radius 2 is 1.82 bits per heavy atom. The molecule has 8 unspecified atom stereocenters. The van der Waals surface area contributed by atoms with Crippen LogP contribution < -0.4 is 0 Å². The van der Waals surface area contributed by atoms with E-state index in [9.17, 15) is 19.5 Å². The molecule has 8 atom stereocenters. The number of fused-ring (bicyclic) bond motifs is 4. The molecule has 2 saturated heterocycles. The van der Waals surface area contributed by atoms with E-state index in [0.717, 1.165) is 5.57 Å². The molecule has 0 radical (unpaired) electrons. The zero-order valence-corrected chi connectivity index (χ0v) is 19.8. The van der Waals surface area contributed by atoms with E-state index in [1.165, 1.54) is 0 Å². The second-order valence-electron chi connectivity index (χ2n) is 9.86. The van der Waals surface area contributed by atoms with Crippen LogP contribution >= 0.6 is 0 Å². The van der Waals surface area contributed by atoms with Crippen molar-refractivity contribution in [1.82, 2.24) is 0 Å². The van der Waals surface area contributed by atoms with Gasteiger partial charge in [-0.05, 0) is 46.1 Å². The summed E-state index contributed by atoms with van der Waals surface area (Å²) >= 11 is 0. The van der Waals surface area contributed by atoms with Crippen LogP contribution in [0.2, 0.25) is 0 Å². The summed E-state index contributed by atoms with van der Waals surface area (Å²) in [5.74, 6) is -2.75. The van der Waals surface area contributed by atoms with Gasteiger partial charge in [-0.25, -0.2) is 14.4 Å². The van der Waals surface area contributed by atoms with E-state index in [1.54, 1.807) is 39.8 Å². The van der Waals surface area contributed by atoms with Gasteiger partial charge in [0.05, 0.1) is 0 Å². The van der Waals surface area contributed by atoms with Gasteiger partial charge in [0.1, 0.15) is 31.0 Å². The van der Waals surface area contributed by atoms with Crippen LogP contribution in [0.25, 0.3) is 0 Å². The number of carbonyl (C=O) groups excluding carboxylic acids is 3. The first-order valence-electron chi connectivity index (χ1n) is 11.4. The molecule has 2 aliphatic heterocycles. The second-order valence-corrected chi connectivity index (χ2v) is 9.86. The van der Waals surface area contributed by atoms with Gasteiger partial charge in [0.15, 0.2) is 0 Å². The van der Waals surface area contributed by atoms with Gasteiger partial charge in [-0.2, -0.15) is 0 Å². The quantitative estimate of drug-likeness (QED) is 0.219. The van der Waals surface area contributed by atoms with Crippen molar-refractivity contribution >= 4 is 17.9 Å². The predicted molar refractivity (Wildman–Crippen MR) is 117 cm³/mol. The molecule has 2 heterocycles. The van der Waals surface area contributed by atoms with Crippen molar-refractivity contribution < 1.29 is 38.4 Å². The Hall–Kier alpha value is -2.45. The summed E-state index contributed by atoms with van der Waals surface area (Å²) in [7, 11) is 0. The van der Waals surface area contributed by atoms with Crippen molar-refractivity contribution in [3.63, 3.8) is 0 Å². The van der Waals surface area contributed by atoms with Crippen LogP contribution in [0.5, 0.6) is 0 Å². The maximum Gasteiger partial charge on any atom is 0.342 e. The SMILES string of the molecule is C=C1C2OC2C(OC(=O)C(C)=CC)C2(C)CCC3C(OC(=O)C3(O)COC(=O)C(C)=CC)C12. The highest BCUT2D eigenvalue weighted by Gasteiger charge is 2.72. The summed E-state index contributed by atoms with van der Waals surface area (Å²) in [4.78, 5) is 37.5. The third kappa shape index (κ3) is 3.54. The summed E-state index contributed by atoms with van der Waals surface area (Å²) in [5.41, 5.74) is -0.846. The van der Waals surface area contributed by atoms with Gasteiger partial charge >= 0.3 is 17.9 Å². The average molecular weight is 461 g/mol. The van der Waals surface area contributed by atoms with Crippen LogP contribution in [0.4, 0.5) is 0 Å². The summed E-state index contributed by atoms with van der Waals surface area (Å²) < 4.78 is 22.7. The molecule has 2 aliphatic carbocycles. The minimum atomic E-state index is -1.94. The lowest BCUT2D eigenvalue weighted by molar-refractivity contribution is -0.168. The largest absolute Gasteiger partial charge is 0.459 e. The van der Waals surface area contributed by atoms with E-state index < -0.39 is 53.7 Å². The molecular formula is C25H32O8. The number of ether oxygens (including phenoxy) is 4. The van der Waals surface area contributed by atoms with Gasteiger partial charge in [0.2, 0.25) is 5.60 Å². The van der Waals surface area contributed by atoms with E-state index >= 15 is 0 Å². The molecule has 1 N–H and O–H groups in total. The number of allylic oxidation sites excluding steroid dienone is 2. The molecule has 4 fully saturated rings. The molecule has 8 nitrogen and oxygen atoms in total. The van der Waals surface area contributed by atoms with E-state index in [4.69, 9.17) is 18.9 Å². The molecule has 4 rings (SSSR count). The molecule has 0 bridgehead atoms. The molecule has 0 aromatic heterocycles. The Balaban J connectivity index is 1.60. The Bertz CT molecular complexity index is 963. The Kier molecular flexibility index (Phi) is 5.81. The number of carbonyl (C=O) groups is 3. The van der Waals surface area contributed by atoms with Gasteiger partial charge in [0, 0.05) is 28.4 Å². The van der Waals surface area contributed by atoms with Crippen molar-refractivity contribution in [1.29, 1.82) is 0 Å². The van der Waals surface area contributed by atoms with Crippen molar-refractivity contribution in [2.75, 3.05) is 6.61 Å². The van der Waals surface area contributed by atoms with Gasteiger partial charge in [-0.1, -0.05) is 25.7 Å². The van der Waals surface area contributed by atoms with Crippen molar-refractivity contribution in [2.45, 2.75) is 77.5 Å². The van der Waals surface area contributed by atoms with Gasteiger partial charge in [-0.15, -0.1) is 0 Å². The molecule has 0 aromatic rings. The molecule has 0 aromatic carbocycles. The molecule has 0 amide bonds. The first-order chi connectivity index (χ1) is 15.5. The maximum atomic E-state index is 12.8. The van der Waals surface area contributed by atoms with Gasteiger partial charge in [-0.3, -0.25) is 0 Å². The Morgan fingerprint density at radius 3 is 2.45 bits per heavy atom. The molecule has 2 saturated carbocycles. The average Bonchev–Trinajstić information content (AvgIpc) is 3.54. The third-order valence-electron chi connectivity index (χ3n) is 8.05. The lowest BCUT2D eigenvalue weighted by Gasteiger charge is -2.52. The van der Waals surface area contributed by atoms with E-state index in [0.29, 0.717) is 24.0 Å². The number of esters is 3. The summed E-state index contributed by atoms with van der Waals surface area (Å²) in [6.45, 7) is 12.5. The first kappa shape index (κ1) is 23.7. The first-order valence-corrected chi connectivity index (χ1v) is 11.4. The summed E-state index contributed by atoms with van der Waals surface area (Å²) in [6, 6.07) is 0. The minimum Gasteiger partial charge on any atom is -0.459 e. The van der Waals surface area contributed by atoms with Crippen LogP contribution in [-0.2, 0) is 33.3 Å². The van der Waals surface area contributed by atoms with Gasteiger partial charge in [0.25, 0.3) is 0 Å². The maximum absolute atomic E-state index is 12.8. The van der Waals surface area contributed by atoms with Crippen LogP contribution in [0.3, 0.4) is 0 Å². The fourth-order valence-electron chi connectivity index (χ4n) is 5.69. The highest BCUT2D eigenvalue weighted by molar-refractivity contribution is 5.89. The molecule has 33 heavy (non-hydrogen) atoms. The molecule has 4 aliphatic rings. The predicted octanol–water partition coefficient (Wildman–Crippen LogP) is 2.40. The summed E-state index contributed by atoms with van der Waals surface area (Å²) in [6.07, 6.45) is 2.52. The topological polar surface area (TPSA) is 112 Å². The third-order valence-corrected chi connectivity index (χ3v) is 8.05. The highest BCUT2D eigenvalue weighted by atomic mass is 16.6. The zero-order valence-electron chi connectivity index (χ0n) is 19.8. The number of hydrogen-bond donors (Lipinski definition) is 1. The molecule has 0 spiro atoms. The van der Waals surface area contributed by atoms with Crippen molar-refractivity contribution in [3.05, 3.63) is 35.5 Å². The highest BCUT2D eigenvalue weighted by Crippen LogP contribution is 2.63. The molecule has 8 heteroatoms. The smallest absolute Gasteiger partial charge is 0.342 e. The van der Waals surface area contributed by atoms with Crippen LogP contribution in [0.15, 0.2) is 35.5 Å². The molecule has 180 valence electrons. The number of hydrogen-bond acceptors (Lipinski definition) is 8. The normalized spacial score (nSPS) is 42.0. The van der Waals surface area contributed by atoms with Crippen LogP contribution in [0.1, 0.15) is 47.5 Å². The fraction of sp³-hybridized carbons (Fsp3) is 0.640. The lowest BCUT2D eigenvalue weighted by Crippen LogP contribution is -2.59. The number of epoxide rings is 1. The monoisotopic (exact) mass is 460 g/mol. The second kappa shape index (κ2) is 8.09. The fourth-order valence-corrected chi connectivity index (χ4v) is 5.69. The Labute approximate surface area is 193 Å². The van der Waals surface area contributed by atoms with Crippen LogP contribution in [0, 0.1) is 17.3 Å². The van der Waals surface area contributed by atoms with Crippen molar-refractivity contribution in [3.8, 4) is 0 Å². The minimum absolute atomic E-state index is 0.273.